The first-order valence-electron chi connectivity index (χ1n) is 7.77. The highest BCUT2D eigenvalue weighted by atomic mass is 16.5. The molecule has 0 saturated carbocycles. The maximum Gasteiger partial charge on any atom is 0.0594 e. The van der Waals surface area contributed by atoms with Gasteiger partial charge in [0.2, 0.25) is 0 Å². The summed E-state index contributed by atoms with van der Waals surface area (Å²) in [5.41, 5.74) is 2.84. The standard InChI is InChI=1S/C17H27NO/c1-3-10-18-17(13-16-9-6-11-19-16)15-8-5-7-14(4-2)12-15/h5,7-8,12,16-18H,3-4,6,9-11,13H2,1-2H3. The lowest BCUT2D eigenvalue weighted by Gasteiger charge is -2.22. The molecule has 0 bridgehead atoms. The second-order valence-corrected chi connectivity index (χ2v) is 5.48. The maximum absolute atomic E-state index is 5.80. The van der Waals surface area contributed by atoms with Crippen LogP contribution in [0.1, 0.15) is 56.7 Å². The molecule has 2 atom stereocenters. The molecule has 1 aromatic rings. The first-order chi connectivity index (χ1) is 9.33. The molecule has 19 heavy (non-hydrogen) atoms. The van der Waals surface area contributed by atoms with Crippen LogP contribution in [0, 0.1) is 0 Å². The van der Waals surface area contributed by atoms with Crippen LogP contribution in [-0.4, -0.2) is 19.3 Å². The van der Waals surface area contributed by atoms with Crippen LogP contribution in [0.5, 0.6) is 0 Å². The predicted molar refractivity (Wildman–Crippen MR) is 80.4 cm³/mol. The van der Waals surface area contributed by atoms with Gasteiger partial charge >= 0.3 is 0 Å². The van der Waals surface area contributed by atoms with E-state index in [2.05, 4.69) is 43.4 Å². The van der Waals surface area contributed by atoms with Crippen LogP contribution in [0.15, 0.2) is 24.3 Å². The molecule has 2 unspecified atom stereocenters. The third kappa shape index (κ3) is 4.32. The topological polar surface area (TPSA) is 21.3 Å². The average molecular weight is 261 g/mol. The fourth-order valence-corrected chi connectivity index (χ4v) is 2.78. The zero-order chi connectivity index (χ0) is 13.5. The van der Waals surface area contributed by atoms with Crippen molar-refractivity contribution in [1.82, 2.24) is 5.32 Å². The summed E-state index contributed by atoms with van der Waals surface area (Å²) in [4.78, 5) is 0. The Morgan fingerprint density at radius 2 is 2.26 bits per heavy atom. The zero-order valence-corrected chi connectivity index (χ0v) is 12.3. The Balaban J connectivity index is 2.05. The second kappa shape index (κ2) is 7.66. The van der Waals surface area contributed by atoms with Crippen LogP contribution < -0.4 is 5.32 Å². The van der Waals surface area contributed by atoms with Crippen molar-refractivity contribution in [3.63, 3.8) is 0 Å². The minimum absolute atomic E-state index is 0.439. The number of nitrogens with one attached hydrogen (secondary N) is 1. The quantitative estimate of drug-likeness (QED) is 0.804. The molecule has 1 aromatic carbocycles. The molecule has 1 heterocycles. The Morgan fingerprint density at radius 1 is 1.37 bits per heavy atom. The lowest BCUT2D eigenvalue weighted by atomic mass is 9.97. The van der Waals surface area contributed by atoms with E-state index in [1.807, 2.05) is 0 Å². The Bertz CT molecular complexity index is 371. The molecule has 1 fully saturated rings. The number of aryl methyl sites for hydroxylation is 1. The van der Waals surface area contributed by atoms with E-state index in [1.54, 1.807) is 0 Å². The molecule has 1 aliphatic heterocycles. The summed E-state index contributed by atoms with van der Waals surface area (Å²) < 4.78 is 5.80. The highest BCUT2D eigenvalue weighted by Gasteiger charge is 2.21. The highest BCUT2D eigenvalue weighted by Crippen LogP contribution is 2.26. The van der Waals surface area contributed by atoms with Crippen molar-refractivity contribution in [2.45, 2.75) is 58.1 Å². The first kappa shape index (κ1) is 14.5. The largest absolute Gasteiger partial charge is 0.378 e. The Hall–Kier alpha value is -0.860. The SMILES string of the molecule is CCCNC(CC1CCCO1)c1cccc(CC)c1. The van der Waals surface area contributed by atoms with Crippen LogP contribution in [0.25, 0.3) is 0 Å². The Labute approximate surface area is 117 Å². The minimum Gasteiger partial charge on any atom is -0.378 e. The van der Waals surface area contributed by atoms with E-state index in [0.29, 0.717) is 12.1 Å². The van der Waals surface area contributed by atoms with Gasteiger partial charge in [0.05, 0.1) is 6.10 Å². The number of benzene rings is 1. The summed E-state index contributed by atoms with van der Waals surface area (Å²) >= 11 is 0. The van der Waals surface area contributed by atoms with Crippen molar-refractivity contribution in [1.29, 1.82) is 0 Å². The van der Waals surface area contributed by atoms with Crippen LogP contribution in [-0.2, 0) is 11.2 Å². The molecule has 1 aliphatic rings. The van der Waals surface area contributed by atoms with Gasteiger partial charge in [-0.25, -0.2) is 0 Å². The second-order valence-electron chi connectivity index (χ2n) is 5.48. The maximum atomic E-state index is 5.80. The highest BCUT2D eigenvalue weighted by molar-refractivity contribution is 5.26. The van der Waals surface area contributed by atoms with Gasteiger partial charge in [-0.1, -0.05) is 38.1 Å². The fourth-order valence-electron chi connectivity index (χ4n) is 2.78. The molecule has 1 saturated heterocycles. The molecular formula is C17H27NO. The van der Waals surface area contributed by atoms with E-state index in [-0.39, 0.29) is 0 Å². The summed E-state index contributed by atoms with van der Waals surface area (Å²) in [6, 6.07) is 9.44. The predicted octanol–water partition coefficient (Wildman–Crippen LogP) is 3.86. The van der Waals surface area contributed by atoms with E-state index in [1.165, 1.54) is 30.4 Å². The zero-order valence-electron chi connectivity index (χ0n) is 12.3. The van der Waals surface area contributed by atoms with E-state index in [4.69, 9.17) is 4.74 Å². The summed E-state index contributed by atoms with van der Waals surface area (Å²) in [6.07, 6.45) is 6.27. The van der Waals surface area contributed by atoms with Crippen LogP contribution in [0.2, 0.25) is 0 Å². The lowest BCUT2D eigenvalue weighted by molar-refractivity contribution is 0.0945. The molecule has 106 valence electrons. The van der Waals surface area contributed by atoms with Crippen molar-refractivity contribution in [2.75, 3.05) is 13.2 Å². The molecule has 2 nitrogen and oxygen atoms in total. The summed E-state index contributed by atoms with van der Waals surface area (Å²) in [7, 11) is 0. The van der Waals surface area contributed by atoms with Gasteiger partial charge in [-0.3, -0.25) is 0 Å². The molecular weight excluding hydrogens is 234 g/mol. The van der Waals surface area contributed by atoms with Gasteiger partial charge in [-0.2, -0.15) is 0 Å². The molecule has 0 amide bonds. The monoisotopic (exact) mass is 261 g/mol. The Kier molecular flexibility index (Phi) is 5.87. The Morgan fingerprint density at radius 3 is 2.95 bits per heavy atom. The third-order valence-corrected chi connectivity index (χ3v) is 3.92. The van der Waals surface area contributed by atoms with E-state index in [0.717, 1.165) is 26.0 Å². The smallest absolute Gasteiger partial charge is 0.0594 e. The van der Waals surface area contributed by atoms with E-state index >= 15 is 0 Å². The molecule has 0 aliphatic carbocycles. The van der Waals surface area contributed by atoms with Gasteiger partial charge in [0, 0.05) is 12.6 Å². The molecule has 1 N–H and O–H groups in total. The van der Waals surface area contributed by atoms with Gasteiger partial charge < -0.3 is 10.1 Å². The number of hydrogen-bond acceptors (Lipinski definition) is 2. The van der Waals surface area contributed by atoms with Crippen LogP contribution >= 0.6 is 0 Å². The normalized spacial score (nSPS) is 20.6. The first-order valence-corrected chi connectivity index (χ1v) is 7.77. The van der Waals surface area contributed by atoms with Crippen molar-refractivity contribution in [3.05, 3.63) is 35.4 Å². The van der Waals surface area contributed by atoms with Gasteiger partial charge in [0.1, 0.15) is 0 Å². The molecule has 0 spiro atoms. The number of ether oxygens (including phenoxy) is 1. The molecule has 0 radical (unpaired) electrons. The van der Waals surface area contributed by atoms with Crippen LogP contribution in [0.4, 0.5) is 0 Å². The van der Waals surface area contributed by atoms with Crippen molar-refractivity contribution in [3.8, 4) is 0 Å². The van der Waals surface area contributed by atoms with Gasteiger partial charge in [-0.05, 0) is 49.8 Å². The number of hydrogen-bond donors (Lipinski definition) is 1. The third-order valence-electron chi connectivity index (χ3n) is 3.92. The summed E-state index contributed by atoms with van der Waals surface area (Å²) in [5, 5.41) is 3.68. The van der Waals surface area contributed by atoms with E-state index < -0.39 is 0 Å². The van der Waals surface area contributed by atoms with Crippen LogP contribution in [0.3, 0.4) is 0 Å². The van der Waals surface area contributed by atoms with E-state index in [9.17, 15) is 0 Å². The molecule has 0 aromatic heterocycles. The van der Waals surface area contributed by atoms with Crippen molar-refractivity contribution >= 4 is 0 Å². The average Bonchev–Trinajstić information content (AvgIpc) is 2.96. The van der Waals surface area contributed by atoms with Gasteiger partial charge in [0.25, 0.3) is 0 Å². The van der Waals surface area contributed by atoms with Crippen molar-refractivity contribution in [2.24, 2.45) is 0 Å². The number of rotatable bonds is 7. The van der Waals surface area contributed by atoms with Gasteiger partial charge in [0.15, 0.2) is 0 Å². The van der Waals surface area contributed by atoms with Gasteiger partial charge in [-0.15, -0.1) is 0 Å². The molecule has 2 rings (SSSR count). The summed E-state index contributed by atoms with van der Waals surface area (Å²) in [6.45, 7) is 6.46. The minimum atomic E-state index is 0.439. The fraction of sp³-hybridized carbons (Fsp3) is 0.647. The summed E-state index contributed by atoms with van der Waals surface area (Å²) in [5.74, 6) is 0. The molecule has 2 heteroatoms. The lowest BCUT2D eigenvalue weighted by Crippen LogP contribution is -2.26. The van der Waals surface area contributed by atoms with Crippen molar-refractivity contribution < 1.29 is 4.74 Å².